The predicted octanol–water partition coefficient (Wildman–Crippen LogP) is 6.22. The second-order valence-corrected chi connectivity index (χ2v) is 17.2. The quantitative estimate of drug-likeness (QED) is 0.159. The van der Waals surface area contributed by atoms with Crippen molar-refractivity contribution in [3.05, 3.63) is 101 Å². The Labute approximate surface area is 297 Å². The predicted molar refractivity (Wildman–Crippen MR) is 189 cm³/mol. The molecule has 2 aliphatic carbocycles. The van der Waals surface area contributed by atoms with Gasteiger partial charge < -0.3 is 4.74 Å². The van der Waals surface area contributed by atoms with Crippen LogP contribution in [0.1, 0.15) is 73.9 Å². The lowest BCUT2D eigenvalue weighted by molar-refractivity contribution is 0.207. The minimum atomic E-state index is -4.41. The van der Waals surface area contributed by atoms with Gasteiger partial charge in [0, 0.05) is 41.5 Å². The van der Waals surface area contributed by atoms with Crippen LogP contribution in [0.25, 0.3) is 22.3 Å². The Hall–Kier alpha value is -4.73. The number of hydrogen-bond donors (Lipinski definition) is 1. The van der Waals surface area contributed by atoms with Crippen LogP contribution in [0.2, 0.25) is 0 Å². The number of halogens is 1. The molecule has 0 saturated heterocycles. The van der Waals surface area contributed by atoms with Gasteiger partial charge in [-0.05, 0) is 111 Å². The fraction of sp³-hybridized carbons (Fsp3) is 0.351. The average Bonchev–Trinajstić information content (AvgIpc) is 4.07. The Bertz CT molecular complexity index is 2260. The average molecular weight is 729 g/mol. The van der Waals surface area contributed by atoms with Gasteiger partial charge in [0.2, 0.25) is 20.0 Å². The van der Waals surface area contributed by atoms with Crippen LogP contribution in [0.3, 0.4) is 0 Å². The summed E-state index contributed by atoms with van der Waals surface area (Å²) in [5, 5.41) is 17.2. The number of aromatic nitrogens is 2. The highest BCUT2D eigenvalue weighted by atomic mass is 32.2. The maximum atomic E-state index is 14.9. The molecule has 2 aromatic carbocycles. The number of rotatable bonds is 14. The summed E-state index contributed by atoms with van der Waals surface area (Å²) >= 11 is 0. The van der Waals surface area contributed by atoms with Crippen molar-refractivity contribution in [1.82, 2.24) is 19.0 Å². The number of nitriles is 2. The van der Waals surface area contributed by atoms with Gasteiger partial charge in [-0.3, -0.25) is 9.97 Å². The molecular formula is C37H37FN6O5S2. The molecule has 1 N–H and O–H groups in total. The Kier molecular flexibility index (Phi) is 10.2. The van der Waals surface area contributed by atoms with Gasteiger partial charge in [-0.1, -0.05) is 6.07 Å². The molecule has 0 aliphatic heterocycles. The highest BCUT2D eigenvalue weighted by Gasteiger charge is 2.51. The van der Waals surface area contributed by atoms with E-state index in [0.29, 0.717) is 44.7 Å². The monoisotopic (exact) mass is 728 g/mol. The molecule has 264 valence electrons. The molecule has 0 spiro atoms. The lowest BCUT2D eigenvalue weighted by Crippen LogP contribution is -2.50. The molecule has 4 aromatic rings. The van der Waals surface area contributed by atoms with Crippen molar-refractivity contribution in [2.24, 2.45) is 11.8 Å². The molecule has 2 aromatic heterocycles. The number of methoxy groups -OCH3 is 1. The first-order valence-electron chi connectivity index (χ1n) is 16.6. The highest BCUT2D eigenvalue weighted by molar-refractivity contribution is 7.93. The van der Waals surface area contributed by atoms with Crippen LogP contribution in [-0.2, 0) is 20.0 Å². The first-order chi connectivity index (χ1) is 24.4. The second kappa shape index (κ2) is 14.5. The van der Waals surface area contributed by atoms with Crippen LogP contribution < -0.4 is 9.46 Å². The van der Waals surface area contributed by atoms with Crippen molar-refractivity contribution in [3.63, 3.8) is 0 Å². The second-order valence-electron chi connectivity index (χ2n) is 13.0. The van der Waals surface area contributed by atoms with Gasteiger partial charge in [0.25, 0.3) is 0 Å². The molecular weight excluding hydrogens is 692 g/mol. The molecule has 2 fully saturated rings. The zero-order valence-corrected chi connectivity index (χ0v) is 30.0. The summed E-state index contributed by atoms with van der Waals surface area (Å²) in [5.41, 5.74) is 3.87. The number of ether oxygens (including phenoxy) is 1. The number of hydrogen-bond acceptors (Lipinski definition) is 9. The first-order valence-corrected chi connectivity index (χ1v) is 19.8. The molecule has 0 radical (unpaired) electrons. The van der Waals surface area contributed by atoms with Crippen LogP contribution in [0.5, 0.6) is 5.75 Å². The highest BCUT2D eigenvalue weighted by Crippen LogP contribution is 2.55. The van der Waals surface area contributed by atoms with E-state index < -0.39 is 43.3 Å². The number of benzene rings is 2. The van der Waals surface area contributed by atoms with E-state index in [0.717, 1.165) is 25.7 Å². The summed E-state index contributed by atoms with van der Waals surface area (Å²) < 4.78 is 79.5. The van der Waals surface area contributed by atoms with Gasteiger partial charge in [0.05, 0.1) is 42.1 Å². The van der Waals surface area contributed by atoms with Gasteiger partial charge in [-0.15, -0.1) is 0 Å². The fourth-order valence-corrected chi connectivity index (χ4v) is 9.66. The zero-order chi connectivity index (χ0) is 36.5. The first kappa shape index (κ1) is 36.1. The summed E-state index contributed by atoms with van der Waals surface area (Å²) in [7, 11) is -6.81. The number of sulfonamides is 2. The number of nitrogens with zero attached hydrogens (tertiary/aromatic N) is 5. The van der Waals surface area contributed by atoms with Gasteiger partial charge in [-0.2, -0.15) is 19.6 Å². The lowest BCUT2D eigenvalue weighted by atomic mass is 9.94. The molecule has 0 bridgehead atoms. The van der Waals surface area contributed by atoms with Gasteiger partial charge in [-0.25, -0.2) is 21.2 Å². The molecule has 11 nitrogen and oxygen atoms in total. The van der Waals surface area contributed by atoms with E-state index in [9.17, 15) is 31.7 Å². The Morgan fingerprint density at radius 2 is 1.47 bits per heavy atom. The van der Waals surface area contributed by atoms with Crippen molar-refractivity contribution in [2.45, 2.75) is 57.0 Å². The van der Waals surface area contributed by atoms with Crippen LogP contribution in [-0.4, -0.2) is 49.3 Å². The summed E-state index contributed by atoms with van der Waals surface area (Å²) in [5.74, 6) is -0.696. The SMILES string of the molecule is CCS(=O)(=O)N[C@@H](C)S(=O)(=O)N(C(c1cncc(-c2ccc(C#N)cc2OC)c1)C1CC1)[C@@H](c1cncc(-c2ccc(C#N)c(F)c2)c1)C1CC1. The Morgan fingerprint density at radius 1 is 0.863 bits per heavy atom. The summed E-state index contributed by atoms with van der Waals surface area (Å²) in [4.78, 5) is 8.99. The molecule has 0 amide bonds. The Balaban J connectivity index is 1.52. The number of pyridine rings is 2. The minimum absolute atomic E-state index is 0.0836. The third-order valence-electron chi connectivity index (χ3n) is 9.42. The van der Waals surface area contributed by atoms with Crippen LogP contribution in [0.4, 0.5) is 4.39 Å². The molecule has 51 heavy (non-hydrogen) atoms. The topological polar surface area (TPSA) is 166 Å². The summed E-state index contributed by atoms with van der Waals surface area (Å²) in [6.07, 6.45) is 9.42. The van der Waals surface area contributed by atoms with Crippen molar-refractivity contribution < 1.29 is 26.0 Å². The summed E-state index contributed by atoms with van der Waals surface area (Å²) in [6.45, 7) is 2.78. The number of nitrogens with one attached hydrogen (secondary N) is 1. The van der Waals surface area contributed by atoms with Crippen molar-refractivity contribution >= 4 is 20.0 Å². The van der Waals surface area contributed by atoms with Gasteiger partial charge >= 0.3 is 0 Å². The lowest BCUT2D eigenvalue weighted by Gasteiger charge is -2.39. The minimum Gasteiger partial charge on any atom is -0.496 e. The van der Waals surface area contributed by atoms with Gasteiger partial charge in [0.1, 0.15) is 23.0 Å². The van der Waals surface area contributed by atoms with Crippen molar-refractivity contribution in [1.29, 1.82) is 10.5 Å². The fourth-order valence-electron chi connectivity index (χ4n) is 6.48. The van der Waals surface area contributed by atoms with Gasteiger partial charge in [0.15, 0.2) is 0 Å². The molecule has 2 heterocycles. The van der Waals surface area contributed by atoms with E-state index in [-0.39, 0.29) is 23.2 Å². The van der Waals surface area contributed by atoms with Crippen LogP contribution in [0.15, 0.2) is 73.3 Å². The third kappa shape index (κ3) is 7.65. The van der Waals surface area contributed by atoms with Crippen molar-refractivity contribution in [3.8, 4) is 40.1 Å². The van der Waals surface area contributed by atoms with E-state index in [4.69, 9.17) is 4.74 Å². The molecule has 14 heteroatoms. The Morgan fingerprint density at radius 3 is 2.00 bits per heavy atom. The maximum Gasteiger partial charge on any atom is 0.231 e. The normalized spacial score (nSPS) is 16.5. The summed E-state index contributed by atoms with van der Waals surface area (Å²) in [6, 6.07) is 15.5. The zero-order valence-electron chi connectivity index (χ0n) is 28.3. The van der Waals surface area contributed by atoms with Crippen LogP contribution >= 0.6 is 0 Å². The van der Waals surface area contributed by atoms with Crippen molar-refractivity contribution in [2.75, 3.05) is 12.9 Å². The molecule has 2 saturated carbocycles. The maximum absolute atomic E-state index is 14.9. The van der Waals surface area contributed by atoms with E-state index in [1.165, 1.54) is 37.4 Å². The van der Waals surface area contributed by atoms with E-state index in [1.54, 1.807) is 55.1 Å². The standard InChI is InChI=1S/C37H37FN6O5S2/c1-4-50(45,46)43-23(2)51(47,48)44(36(25-6-7-25)31-14-29(19-41-21-31)27-10-11-28(18-40)34(38)16-27)37(26-8-9-26)32-15-30(20-42-22-32)33-12-5-24(17-39)13-35(33)49-3/h5,10-16,19-23,25-26,36-37,43H,4,6-9H2,1-3H3/t23-,36-,37?/m1/s1. The smallest absolute Gasteiger partial charge is 0.231 e. The largest absolute Gasteiger partial charge is 0.496 e. The van der Waals surface area contributed by atoms with E-state index in [2.05, 4.69) is 20.8 Å². The molecule has 1 unspecified atom stereocenters. The van der Waals surface area contributed by atoms with Crippen LogP contribution in [0, 0.1) is 40.3 Å². The molecule has 3 atom stereocenters. The van der Waals surface area contributed by atoms with E-state index >= 15 is 0 Å². The molecule has 6 rings (SSSR count). The third-order valence-corrected chi connectivity index (χ3v) is 13.1. The molecule has 2 aliphatic rings. The van der Waals surface area contributed by atoms with E-state index in [1.807, 2.05) is 12.1 Å².